The van der Waals surface area contributed by atoms with Crippen molar-refractivity contribution in [1.82, 2.24) is 34.1 Å². The summed E-state index contributed by atoms with van der Waals surface area (Å²) in [5, 5.41) is 15.9. The minimum absolute atomic E-state index is 0.162. The van der Waals surface area contributed by atoms with Gasteiger partial charge in [0, 0.05) is 51.3 Å². The molecule has 4 heterocycles. The first-order valence-corrected chi connectivity index (χ1v) is 10.2. The van der Waals surface area contributed by atoms with Crippen molar-refractivity contribution in [1.29, 1.82) is 0 Å². The minimum atomic E-state index is -0.324. The van der Waals surface area contributed by atoms with E-state index >= 15 is 0 Å². The molecular weight excluding hydrogens is 394 g/mol. The van der Waals surface area contributed by atoms with Crippen molar-refractivity contribution in [2.45, 2.75) is 25.8 Å². The maximum absolute atomic E-state index is 12.4. The van der Waals surface area contributed by atoms with Crippen LogP contribution in [-0.2, 0) is 4.79 Å². The zero-order chi connectivity index (χ0) is 21.8. The number of nitrogens with one attached hydrogen (secondary N) is 2. The Bertz CT molecular complexity index is 1280. The minimum Gasteiger partial charge on any atom is -0.371 e. The van der Waals surface area contributed by atoms with E-state index in [1.165, 1.54) is 0 Å². The van der Waals surface area contributed by atoms with Gasteiger partial charge in [0.05, 0.1) is 11.1 Å². The molecule has 1 saturated carbocycles. The van der Waals surface area contributed by atoms with Gasteiger partial charge in [0.2, 0.25) is 11.9 Å². The highest BCUT2D eigenvalue weighted by Gasteiger charge is 2.47. The molecule has 0 aliphatic heterocycles. The molecule has 1 aliphatic carbocycles. The number of anilines is 2. The van der Waals surface area contributed by atoms with Crippen LogP contribution in [-0.4, -0.2) is 67.2 Å². The third-order valence-corrected chi connectivity index (χ3v) is 5.93. The Morgan fingerprint density at radius 3 is 2.71 bits per heavy atom. The smallest absolute Gasteiger partial charge is 0.243 e. The third kappa shape index (κ3) is 3.15. The number of carbonyl (C=O) groups excluding carboxylic acids is 1. The van der Waals surface area contributed by atoms with Gasteiger partial charge in [-0.25, -0.2) is 14.0 Å². The molecule has 0 aromatic carbocycles. The van der Waals surface area contributed by atoms with E-state index in [4.69, 9.17) is 0 Å². The fourth-order valence-corrected chi connectivity index (χ4v) is 4.45. The summed E-state index contributed by atoms with van der Waals surface area (Å²) in [6, 6.07) is 6.02. The Labute approximate surface area is 179 Å². The summed E-state index contributed by atoms with van der Waals surface area (Å²) in [5.74, 6) is 1.40. The summed E-state index contributed by atoms with van der Waals surface area (Å²) in [6.07, 6.45) is 6.96. The largest absolute Gasteiger partial charge is 0.371 e. The second-order valence-corrected chi connectivity index (χ2v) is 8.51. The topological polar surface area (TPSA) is 105 Å². The van der Waals surface area contributed by atoms with E-state index in [-0.39, 0.29) is 17.4 Å². The summed E-state index contributed by atoms with van der Waals surface area (Å²) in [6.45, 7) is 2.01. The van der Waals surface area contributed by atoms with Gasteiger partial charge in [0.25, 0.3) is 0 Å². The number of rotatable bonds is 5. The fraction of sp³-hybridized carbons (Fsp3) is 0.381. The Morgan fingerprint density at radius 1 is 1.16 bits per heavy atom. The first kappa shape index (κ1) is 19.3. The highest BCUT2D eigenvalue weighted by Crippen LogP contribution is 2.43. The van der Waals surface area contributed by atoms with Crippen LogP contribution in [0.1, 0.15) is 19.8 Å². The Balaban J connectivity index is 1.43. The van der Waals surface area contributed by atoms with Crippen molar-refractivity contribution < 1.29 is 4.79 Å². The van der Waals surface area contributed by atoms with Crippen LogP contribution < -0.4 is 10.6 Å². The third-order valence-electron chi connectivity index (χ3n) is 5.93. The van der Waals surface area contributed by atoms with Gasteiger partial charge in [-0.15, -0.1) is 5.10 Å². The summed E-state index contributed by atoms with van der Waals surface area (Å²) in [5.41, 5.74) is 3.06. The van der Waals surface area contributed by atoms with Crippen molar-refractivity contribution in [3.63, 3.8) is 0 Å². The molecule has 2 N–H and O–H groups in total. The monoisotopic (exact) mass is 419 g/mol. The predicted molar refractivity (Wildman–Crippen MR) is 118 cm³/mol. The van der Waals surface area contributed by atoms with Gasteiger partial charge in [-0.1, -0.05) is 6.92 Å². The normalized spacial score (nSPS) is 20.6. The van der Waals surface area contributed by atoms with Gasteiger partial charge in [0.15, 0.2) is 11.5 Å². The standard InChI is InChI=1S/C21H25N9O/c1-21(19(31)28(3)4)11-13(12-21)24-20-25-18(22-2)17-14(7-9-30(17)27-20)15-5-6-16-23-8-10-29(16)26-15/h5-10,13H,11-12H2,1-4H3,(H2,22,24,25,27). The van der Waals surface area contributed by atoms with Crippen LogP contribution in [0.3, 0.4) is 0 Å². The zero-order valence-electron chi connectivity index (χ0n) is 18.0. The molecular formula is C21H25N9O. The van der Waals surface area contributed by atoms with Crippen molar-refractivity contribution >= 4 is 28.8 Å². The van der Waals surface area contributed by atoms with E-state index in [0.29, 0.717) is 11.8 Å². The average Bonchev–Trinajstić information content (AvgIpc) is 3.37. The molecule has 31 heavy (non-hydrogen) atoms. The molecule has 1 amide bonds. The van der Waals surface area contributed by atoms with Crippen LogP contribution in [0.25, 0.3) is 22.4 Å². The van der Waals surface area contributed by atoms with Crippen LogP contribution >= 0.6 is 0 Å². The summed E-state index contributed by atoms with van der Waals surface area (Å²) in [7, 11) is 5.44. The van der Waals surface area contributed by atoms with Crippen LogP contribution in [0.15, 0.2) is 36.8 Å². The molecule has 160 valence electrons. The van der Waals surface area contributed by atoms with E-state index in [0.717, 1.165) is 35.3 Å². The number of fused-ring (bicyclic) bond motifs is 2. The lowest BCUT2D eigenvalue weighted by molar-refractivity contribution is -0.143. The Kier molecular flexibility index (Phi) is 4.31. The van der Waals surface area contributed by atoms with Crippen molar-refractivity contribution in [3.05, 3.63) is 36.8 Å². The maximum atomic E-state index is 12.4. The molecule has 4 aromatic heterocycles. The molecule has 10 heteroatoms. The average molecular weight is 419 g/mol. The predicted octanol–water partition coefficient (Wildman–Crippen LogP) is 2.15. The number of hydrogen-bond acceptors (Lipinski definition) is 7. The molecule has 4 aromatic rings. The van der Waals surface area contributed by atoms with E-state index in [2.05, 4.69) is 30.8 Å². The first-order valence-electron chi connectivity index (χ1n) is 10.2. The number of imidazole rings is 1. The molecule has 1 aliphatic rings. The number of amides is 1. The van der Waals surface area contributed by atoms with E-state index in [1.54, 1.807) is 34.2 Å². The van der Waals surface area contributed by atoms with Gasteiger partial charge < -0.3 is 15.5 Å². The van der Waals surface area contributed by atoms with Gasteiger partial charge in [-0.3, -0.25) is 4.79 Å². The lowest BCUT2D eigenvalue weighted by Crippen LogP contribution is -2.52. The molecule has 0 atom stereocenters. The second-order valence-electron chi connectivity index (χ2n) is 8.51. The molecule has 0 bridgehead atoms. The highest BCUT2D eigenvalue weighted by atomic mass is 16.2. The van der Waals surface area contributed by atoms with E-state index in [9.17, 15) is 4.79 Å². The Hall–Kier alpha value is -3.69. The zero-order valence-corrected chi connectivity index (χ0v) is 18.0. The fourth-order valence-electron chi connectivity index (χ4n) is 4.45. The molecule has 0 radical (unpaired) electrons. The molecule has 0 spiro atoms. The molecule has 0 unspecified atom stereocenters. The lowest BCUT2D eigenvalue weighted by atomic mass is 9.66. The first-order chi connectivity index (χ1) is 14.9. The SMILES string of the molecule is CNc1nc(NC2CC(C)(C(=O)N(C)C)C2)nn2ccc(-c3ccc4nccn4n3)c12. The molecule has 10 nitrogen and oxygen atoms in total. The van der Waals surface area contributed by atoms with Crippen LogP contribution in [0, 0.1) is 5.41 Å². The number of carbonyl (C=O) groups is 1. The second kappa shape index (κ2) is 6.93. The quantitative estimate of drug-likeness (QED) is 0.511. The molecule has 0 saturated heterocycles. The summed E-state index contributed by atoms with van der Waals surface area (Å²) < 4.78 is 3.55. The molecule has 5 rings (SSSR count). The van der Waals surface area contributed by atoms with Crippen LogP contribution in [0.2, 0.25) is 0 Å². The van der Waals surface area contributed by atoms with Crippen molar-refractivity contribution in [2.24, 2.45) is 5.41 Å². The summed E-state index contributed by atoms with van der Waals surface area (Å²) >= 11 is 0. The van der Waals surface area contributed by atoms with E-state index in [1.807, 2.05) is 44.6 Å². The summed E-state index contributed by atoms with van der Waals surface area (Å²) in [4.78, 5) is 23.0. The number of nitrogens with zero attached hydrogens (tertiary/aromatic N) is 7. The molecule has 1 fully saturated rings. The van der Waals surface area contributed by atoms with Gasteiger partial charge in [-0.2, -0.15) is 10.1 Å². The van der Waals surface area contributed by atoms with Crippen molar-refractivity contribution in [2.75, 3.05) is 31.8 Å². The maximum Gasteiger partial charge on any atom is 0.243 e. The lowest BCUT2D eigenvalue weighted by Gasteiger charge is -2.45. The van der Waals surface area contributed by atoms with Crippen molar-refractivity contribution in [3.8, 4) is 11.3 Å². The Morgan fingerprint density at radius 2 is 1.97 bits per heavy atom. The number of aromatic nitrogens is 6. The van der Waals surface area contributed by atoms with Gasteiger partial charge >= 0.3 is 0 Å². The van der Waals surface area contributed by atoms with Gasteiger partial charge in [0.1, 0.15) is 5.52 Å². The van der Waals surface area contributed by atoms with E-state index < -0.39 is 0 Å². The highest BCUT2D eigenvalue weighted by molar-refractivity contribution is 5.87. The van der Waals surface area contributed by atoms with Gasteiger partial charge in [-0.05, 0) is 31.0 Å². The van der Waals surface area contributed by atoms with Crippen LogP contribution in [0.4, 0.5) is 11.8 Å². The number of hydrogen-bond donors (Lipinski definition) is 2. The van der Waals surface area contributed by atoms with Crippen LogP contribution in [0.5, 0.6) is 0 Å².